The second-order valence-electron chi connectivity index (χ2n) is 4.83. The van der Waals surface area contributed by atoms with E-state index in [1.54, 1.807) is 6.92 Å². The molecule has 1 amide bonds. The topological polar surface area (TPSA) is 20.3 Å². The van der Waals surface area contributed by atoms with E-state index in [0.29, 0.717) is 5.92 Å². The third-order valence-electron chi connectivity index (χ3n) is 3.37. The van der Waals surface area contributed by atoms with Gasteiger partial charge in [0.05, 0.1) is 0 Å². The van der Waals surface area contributed by atoms with Gasteiger partial charge in [0.2, 0.25) is 5.91 Å². The van der Waals surface area contributed by atoms with Crippen molar-refractivity contribution in [2.24, 2.45) is 11.3 Å². The van der Waals surface area contributed by atoms with Crippen LogP contribution >= 0.6 is 0 Å². The summed E-state index contributed by atoms with van der Waals surface area (Å²) >= 11 is 0. The molecule has 1 rings (SSSR count). The molecule has 0 aromatic heterocycles. The number of allylic oxidation sites excluding steroid dienone is 2. The van der Waals surface area contributed by atoms with Crippen molar-refractivity contribution in [2.75, 3.05) is 6.54 Å². The summed E-state index contributed by atoms with van der Waals surface area (Å²) in [5.41, 5.74) is 1.44. The summed E-state index contributed by atoms with van der Waals surface area (Å²) in [5.74, 6) is 0.787. The van der Waals surface area contributed by atoms with Crippen molar-refractivity contribution in [3.8, 4) is 0 Å². The van der Waals surface area contributed by atoms with Crippen LogP contribution < -0.4 is 0 Å². The maximum absolute atomic E-state index is 11.4. The number of hydrogen-bond acceptors (Lipinski definition) is 1. The molecule has 0 aromatic rings. The Morgan fingerprint density at radius 1 is 1.64 bits per heavy atom. The Hall–Kier alpha value is -0.790. The molecule has 0 saturated heterocycles. The van der Waals surface area contributed by atoms with Gasteiger partial charge in [-0.3, -0.25) is 4.79 Å². The van der Waals surface area contributed by atoms with Gasteiger partial charge in [0, 0.05) is 19.2 Å². The molecule has 0 fully saturated rings. The van der Waals surface area contributed by atoms with E-state index in [2.05, 4.69) is 26.8 Å². The van der Waals surface area contributed by atoms with Crippen LogP contribution in [-0.2, 0) is 4.79 Å². The Labute approximate surface area is 87.0 Å². The molecule has 0 radical (unpaired) electrons. The van der Waals surface area contributed by atoms with Crippen molar-refractivity contribution < 1.29 is 4.79 Å². The Morgan fingerprint density at radius 3 is 2.50 bits per heavy atom. The molecule has 0 aromatic carbocycles. The van der Waals surface area contributed by atoms with Crippen molar-refractivity contribution in [3.05, 3.63) is 11.8 Å². The molecular weight excluding hydrogens is 174 g/mol. The van der Waals surface area contributed by atoms with Crippen LogP contribution in [0.15, 0.2) is 11.8 Å². The molecule has 14 heavy (non-hydrogen) atoms. The SMILES string of the molecule is CCN(C(C)=O)C1=CC(C)(C)C(C)C1. The lowest BCUT2D eigenvalue weighted by atomic mass is 9.84. The third kappa shape index (κ3) is 1.99. The number of hydrogen-bond donors (Lipinski definition) is 0. The largest absolute Gasteiger partial charge is 0.317 e. The van der Waals surface area contributed by atoms with E-state index in [1.165, 1.54) is 5.70 Å². The van der Waals surface area contributed by atoms with Gasteiger partial charge in [0.15, 0.2) is 0 Å². The quantitative estimate of drug-likeness (QED) is 0.663. The van der Waals surface area contributed by atoms with E-state index in [4.69, 9.17) is 0 Å². The van der Waals surface area contributed by atoms with Gasteiger partial charge in [-0.15, -0.1) is 0 Å². The lowest BCUT2D eigenvalue weighted by Gasteiger charge is -2.21. The lowest BCUT2D eigenvalue weighted by molar-refractivity contribution is -0.126. The highest BCUT2D eigenvalue weighted by Gasteiger charge is 2.33. The average Bonchev–Trinajstić information content (AvgIpc) is 2.26. The van der Waals surface area contributed by atoms with Crippen molar-refractivity contribution in [1.29, 1.82) is 0 Å². The van der Waals surface area contributed by atoms with E-state index in [9.17, 15) is 4.79 Å². The minimum absolute atomic E-state index is 0.156. The van der Waals surface area contributed by atoms with Gasteiger partial charge in [-0.1, -0.05) is 26.8 Å². The summed E-state index contributed by atoms with van der Waals surface area (Å²) in [5, 5.41) is 0. The molecule has 80 valence electrons. The average molecular weight is 195 g/mol. The normalized spacial score (nSPS) is 24.6. The van der Waals surface area contributed by atoms with E-state index in [0.717, 1.165) is 13.0 Å². The van der Waals surface area contributed by atoms with Crippen LogP contribution in [0.4, 0.5) is 0 Å². The molecule has 2 heteroatoms. The summed E-state index contributed by atoms with van der Waals surface area (Å²) in [7, 11) is 0. The molecule has 1 unspecified atom stereocenters. The summed E-state index contributed by atoms with van der Waals surface area (Å²) in [6, 6.07) is 0. The molecule has 2 nitrogen and oxygen atoms in total. The zero-order valence-corrected chi connectivity index (χ0v) is 9.92. The fraction of sp³-hybridized carbons (Fsp3) is 0.750. The highest BCUT2D eigenvalue weighted by Crippen LogP contribution is 2.41. The van der Waals surface area contributed by atoms with Crippen LogP contribution in [0.5, 0.6) is 0 Å². The zero-order valence-electron chi connectivity index (χ0n) is 9.92. The maximum Gasteiger partial charge on any atom is 0.223 e. The first-order valence-corrected chi connectivity index (χ1v) is 5.38. The van der Waals surface area contributed by atoms with Crippen molar-refractivity contribution in [3.63, 3.8) is 0 Å². The van der Waals surface area contributed by atoms with E-state index in [1.807, 2.05) is 11.8 Å². The molecule has 1 atom stereocenters. The van der Waals surface area contributed by atoms with Gasteiger partial charge in [0.1, 0.15) is 0 Å². The first-order chi connectivity index (χ1) is 6.38. The van der Waals surface area contributed by atoms with Crippen LogP contribution in [0, 0.1) is 11.3 Å². The van der Waals surface area contributed by atoms with Crippen LogP contribution in [0.1, 0.15) is 41.0 Å². The second kappa shape index (κ2) is 3.76. The van der Waals surface area contributed by atoms with Crippen LogP contribution in [0.2, 0.25) is 0 Å². The fourth-order valence-electron chi connectivity index (χ4n) is 2.02. The smallest absolute Gasteiger partial charge is 0.223 e. The predicted molar refractivity (Wildman–Crippen MR) is 58.7 cm³/mol. The number of amides is 1. The van der Waals surface area contributed by atoms with Gasteiger partial charge < -0.3 is 4.90 Å². The van der Waals surface area contributed by atoms with Crippen LogP contribution in [0.25, 0.3) is 0 Å². The molecule has 1 aliphatic rings. The van der Waals surface area contributed by atoms with Gasteiger partial charge >= 0.3 is 0 Å². The maximum atomic E-state index is 11.4. The number of rotatable bonds is 2. The first kappa shape index (κ1) is 11.3. The van der Waals surface area contributed by atoms with Gasteiger partial charge in [-0.25, -0.2) is 0 Å². The van der Waals surface area contributed by atoms with Gasteiger partial charge in [-0.05, 0) is 24.7 Å². The van der Waals surface area contributed by atoms with Gasteiger partial charge in [-0.2, -0.15) is 0 Å². The third-order valence-corrected chi connectivity index (χ3v) is 3.37. The summed E-state index contributed by atoms with van der Waals surface area (Å²) in [6.45, 7) is 11.2. The fourth-order valence-corrected chi connectivity index (χ4v) is 2.02. The summed E-state index contributed by atoms with van der Waals surface area (Å²) < 4.78 is 0. The molecule has 0 saturated carbocycles. The highest BCUT2D eigenvalue weighted by atomic mass is 16.2. The minimum Gasteiger partial charge on any atom is -0.317 e. The monoisotopic (exact) mass is 195 g/mol. The predicted octanol–water partition coefficient (Wildman–Crippen LogP) is 2.80. The molecule has 0 spiro atoms. The molecule has 0 aliphatic heterocycles. The number of carbonyl (C=O) groups excluding carboxylic acids is 1. The molecular formula is C12H21NO. The Bertz CT molecular complexity index is 265. The van der Waals surface area contributed by atoms with Crippen LogP contribution in [-0.4, -0.2) is 17.4 Å². The van der Waals surface area contributed by atoms with Crippen molar-refractivity contribution in [2.45, 2.75) is 41.0 Å². The Kier molecular flexibility index (Phi) is 3.03. The number of carbonyl (C=O) groups is 1. The number of nitrogens with zero attached hydrogens (tertiary/aromatic N) is 1. The van der Waals surface area contributed by atoms with Crippen LogP contribution in [0.3, 0.4) is 0 Å². The Morgan fingerprint density at radius 2 is 2.21 bits per heavy atom. The minimum atomic E-state index is 0.156. The summed E-state index contributed by atoms with van der Waals surface area (Å²) in [6.07, 6.45) is 3.28. The molecule has 0 heterocycles. The Balaban J connectivity index is 2.86. The first-order valence-electron chi connectivity index (χ1n) is 5.38. The standard InChI is InChI=1S/C12H21NO/c1-6-13(10(3)14)11-7-9(2)12(4,5)8-11/h8-9H,6-7H2,1-5H3. The lowest BCUT2D eigenvalue weighted by Crippen LogP contribution is -2.27. The molecule has 1 aliphatic carbocycles. The van der Waals surface area contributed by atoms with E-state index >= 15 is 0 Å². The van der Waals surface area contributed by atoms with Crippen molar-refractivity contribution in [1.82, 2.24) is 4.90 Å². The van der Waals surface area contributed by atoms with Gasteiger partial charge in [0.25, 0.3) is 0 Å². The second-order valence-corrected chi connectivity index (χ2v) is 4.83. The van der Waals surface area contributed by atoms with E-state index < -0.39 is 0 Å². The van der Waals surface area contributed by atoms with Crippen molar-refractivity contribution >= 4 is 5.91 Å². The zero-order chi connectivity index (χ0) is 10.9. The highest BCUT2D eigenvalue weighted by molar-refractivity contribution is 5.75. The van der Waals surface area contributed by atoms with E-state index in [-0.39, 0.29) is 11.3 Å². The summed E-state index contributed by atoms with van der Waals surface area (Å²) in [4.78, 5) is 13.2. The molecule has 0 N–H and O–H groups in total. The molecule has 0 bridgehead atoms.